The molecular formula is C12H12N2OS. The summed E-state index contributed by atoms with van der Waals surface area (Å²) in [6.07, 6.45) is 0. The highest BCUT2D eigenvalue weighted by atomic mass is 32.2. The van der Waals surface area contributed by atoms with Gasteiger partial charge in [0.15, 0.2) is 0 Å². The fourth-order valence-electron chi connectivity index (χ4n) is 1.22. The number of benzene rings is 1. The van der Waals surface area contributed by atoms with Crippen molar-refractivity contribution < 1.29 is 4.74 Å². The van der Waals surface area contributed by atoms with Crippen molar-refractivity contribution in [3.05, 3.63) is 42.5 Å². The van der Waals surface area contributed by atoms with Gasteiger partial charge in [-0.25, -0.2) is 4.98 Å². The quantitative estimate of drug-likeness (QED) is 0.827. The highest BCUT2D eigenvalue weighted by Gasteiger charge is 2.00. The van der Waals surface area contributed by atoms with Crippen molar-refractivity contribution in [2.24, 2.45) is 0 Å². The van der Waals surface area contributed by atoms with Gasteiger partial charge >= 0.3 is 0 Å². The van der Waals surface area contributed by atoms with Gasteiger partial charge in [0.2, 0.25) is 5.88 Å². The predicted octanol–water partition coefficient (Wildman–Crippen LogP) is 2.82. The number of nitrogens with zero attached hydrogens (tertiary/aromatic N) is 1. The van der Waals surface area contributed by atoms with Gasteiger partial charge in [0.1, 0.15) is 5.03 Å². The molecule has 16 heavy (non-hydrogen) atoms. The molecule has 1 aromatic heterocycles. The normalized spacial score (nSPS) is 10.1. The third-order valence-corrected chi connectivity index (χ3v) is 2.95. The van der Waals surface area contributed by atoms with E-state index in [0.29, 0.717) is 5.88 Å². The Labute approximate surface area is 98.6 Å². The van der Waals surface area contributed by atoms with Gasteiger partial charge in [-0.3, -0.25) is 0 Å². The lowest BCUT2D eigenvalue weighted by atomic mass is 10.3. The molecule has 0 aliphatic heterocycles. The van der Waals surface area contributed by atoms with Crippen molar-refractivity contribution in [3.8, 4) is 5.88 Å². The molecule has 2 aromatic rings. The maximum absolute atomic E-state index is 5.62. The molecule has 0 fully saturated rings. The third kappa shape index (κ3) is 2.67. The van der Waals surface area contributed by atoms with E-state index in [1.165, 1.54) is 0 Å². The number of methoxy groups -OCH3 is 1. The lowest BCUT2D eigenvalue weighted by molar-refractivity contribution is 0.394. The predicted molar refractivity (Wildman–Crippen MR) is 65.8 cm³/mol. The Morgan fingerprint density at radius 1 is 1.12 bits per heavy atom. The second-order valence-corrected chi connectivity index (χ2v) is 4.28. The van der Waals surface area contributed by atoms with Crippen LogP contribution in [0.25, 0.3) is 0 Å². The van der Waals surface area contributed by atoms with Crippen molar-refractivity contribution in [3.63, 3.8) is 0 Å². The average molecular weight is 232 g/mol. The molecule has 1 heterocycles. The second-order valence-electron chi connectivity index (χ2n) is 3.19. The van der Waals surface area contributed by atoms with Crippen LogP contribution in [-0.4, -0.2) is 12.1 Å². The first kappa shape index (κ1) is 10.8. The minimum Gasteiger partial charge on any atom is -0.481 e. The number of hydrogen-bond acceptors (Lipinski definition) is 4. The minimum atomic E-state index is 0.625. The third-order valence-electron chi connectivity index (χ3n) is 2.01. The maximum Gasteiger partial charge on any atom is 0.213 e. The number of anilines is 1. The molecule has 2 N–H and O–H groups in total. The Morgan fingerprint density at radius 3 is 2.56 bits per heavy atom. The van der Waals surface area contributed by atoms with E-state index in [1.807, 2.05) is 42.5 Å². The first-order valence-corrected chi connectivity index (χ1v) is 5.64. The maximum atomic E-state index is 5.62. The van der Waals surface area contributed by atoms with E-state index in [0.717, 1.165) is 15.6 Å². The number of aromatic nitrogens is 1. The smallest absolute Gasteiger partial charge is 0.213 e. The molecule has 0 aliphatic carbocycles. The number of ether oxygens (including phenoxy) is 1. The average Bonchev–Trinajstić information content (AvgIpc) is 2.32. The van der Waals surface area contributed by atoms with Gasteiger partial charge in [-0.2, -0.15) is 0 Å². The van der Waals surface area contributed by atoms with E-state index < -0.39 is 0 Å². The van der Waals surface area contributed by atoms with Crippen LogP contribution < -0.4 is 10.5 Å². The fourth-order valence-corrected chi connectivity index (χ4v) is 2.02. The van der Waals surface area contributed by atoms with Crippen LogP contribution in [0.15, 0.2) is 52.4 Å². The largest absolute Gasteiger partial charge is 0.481 e. The molecule has 1 aromatic carbocycles. The number of rotatable bonds is 3. The van der Waals surface area contributed by atoms with Crippen molar-refractivity contribution >= 4 is 17.4 Å². The van der Waals surface area contributed by atoms with Gasteiger partial charge in [0.25, 0.3) is 0 Å². The van der Waals surface area contributed by atoms with Gasteiger partial charge in [-0.05, 0) is 30.3 Å². The molecule has 0 saturated carbocycles. The Morgan fingerprint density at radius 2 is 1.88 bits per heavy atom. The standard InChI is InChI=1S/C12H12N2OS/c1-15-11-3-2-4-12(14-11)16-10-7-5-9(13)6-8-10/h2-8H,13H2,1H3. The summed E-state index contributed by atoms with van der Waals surface area (Å²) in [6, 6.07) is 13.4. The molecule has 0 atom stereocenters. The highest BCUT2D eigenvalue weighted by Crippen LogP contribution is 2.27. The van der Waals surface area contributed by atoms with Gasteiger partial charge < -0.3 is 10.5 Å². The van der Waals surface area contributed by atoms with Crippen LogP contribution in [0, 0.1) is 0 Å². The molecule has 0 unspecified atom stereocenters. The first-order valence-electron chi connectivity index (χ1n) is 4.82. The Kier molecular flexibility index (Phi) is 3.31. The number of pyridine rings is 1. The van der Waals surface area contributed by atoms with Crippen LogP contribution in [0.1, 0.15) is 0 Å². The molecule has 0 spiro atoms. The first-order chi connectivity index (χ1) is 7.78. The van der Waals surface area contributed by atoms with Crippen molar-refractivity contribution in [2.75, 3.05) is 12.8 Å². The van der Waals surface area contributed by atoms with Crippen LogP contribution in [-0.2, 0) is 0 Å². The van der Waals surface area contributed by atoms with Crippen LogP contribution in [0.4, 0.5) is 5.69 Å². The van der Waals surface area contributed by atoms with Crippen molar-refractivity contribution in [1.82, 2.24) is 4.98 Å². The van der Waals surface area contributed by atoms with Crippen molar-refractivity contribution in [1.29, 1.82) is 0 Å². The SMILES string of the molecule is COc1cccc(Sc2ccc(N)cc2)n1. The Bertz CT molecular complexity index is 471. The number of hydrogen-bond donors (Lipinski definition) is 1. The molecule has 82 valence electrons. The Hall–Kier alpha value is -1.68. The Balaban J connectivity index is 2.16. The monoisotopic (exact) mass is 232 g/mol. The summed E-state index contributed by atoms with van der Waals surface area (Å²) >= 11 is 1.58. The van der Waals surface area contributed by atoms with Gasteiger partial charge in [0, 0.05) is 16.6 Å². The summed E-state index contributed by atoms with van der Waals surface area (Å²) in [5.74, 6) is 0.625. The molecule has 0 saturated heterocycles. The van der Waals surface area contributed by atoms with Crippen LogP contribution >= 0.6 is 11.8 Å². The summed E-state index contributed by atoms with van der Waals surface area (Å²) in [4.78, 5) is 5.42. The van der Waals surface area contributed by atoms with E-state index in [9.17, 15) is 0 Å². The van der Waals surface area contributed by atoms with Crippen LogP contribution in [0.5, 0.6) is 5.88 Å². The summed E-state index contributed by atoms with van der Waals surface area (Å²) in [5, 5.41) is 0.907. The van der Waals surface area contributed by atoms with Gasteiger partial charge in [-0.1, -0.05) is 17.8 Å². The number of nitrogen functional groups attached to an aromatic ring is 1. The van der Waals surface area contributed by atoms with Crippen molar-refractivity contribution in [2.45, 2.75) is 9.92 Å². The summed E-state index contributed by atoms with van der Waals surface area (Å²) < 4.78 is 5.07. The highest BCUT2D eigenvalue weighted by molar-refractivity contribution is 7.99. The zero-order valence-electron chi connectivity index (χ0n) is 8.88. The van der Waals surface area contributed by atoms with Gasteiger partial charge in [0.05, 0.1) is 7.11 Å². The molecule has 0 amide bonds. The van der Waals surface area contributed by atoms with Crippen LogP contribution in [0.2, 0.25) is 0 Å². The van der Waals surface area contributed by atoms with E-state index in [1.54, 1.807) is 18.9 Å². The molecule has 0 radical (unpaired) electrons. The molecule has 0 bridgehead atoms. The zero-order valence-corrected chi connectivity index (χ0v) is 9.70. The molecule has 2 rings (SSSR count). The lowest BCUT2D eigenvalue weighted by Gasteiger charge is -2.03. The fraction of sp³-hybridized carbons (Fsp3) is 0.0833. The topological polar surface area (TPSA) is 48.1 Å². The second kappa shape index (κ2) is 4.90. The van der Waals surface area contributed by atoms with E-state index in [2.05, 4.69) is 4.98 Å². The molecule has 3 nitrogen and oxygen atoms in total. The minimum absolute atomic E-state index is 0.625. The summed E-state index contributed by atoms with van der Waals surface area (Å²) in [6.45, 7) is 0. The zero-order chi connectivity index (χ0) is 11.4. The molecular weight excluding hydrogens is 220 g/mol. The van der Waals surface area contributed by atoms with Crippen LogP contribution in [0.3, 0.4) is 0 Å². The van der Waals surface area contributed by atoms with Gasteiger partial charge in [-0.15, -0.1) is 0 Å². The lowest BCUT2D eigenvalue weighted by Crippen LogP contribution is -1.88. The summed E-state index contributed by atoms with van der Waals surface area (Å²) in [7, 11) is 1.61. The molecule has 4 heteroatoms. The molecule has 0 aliphatic rings. The summed E-state index contributed by atoms with van der Waals surface area (Å²) in [5.41, 5.74) is 6.39. The number of nitrogens with two attached hydrogens (primary N) is 1. The van der Waals surface area contributed by atoms with E-state index in [4.69, 9.17) is 10.5 Å². The van der Waals surface area contributed by atoms with E-state index in [-0.39, 0.29) is 0 Å². The van der Waals surface area contributed by atoms with E-state index >= 15 is 0 Å².